The summed E-state index contributed by atoms with van der Waals surface area (Å²) in [6.45, 7) is 0. The van der Waals surface area contributed by atoms with E-state index in [1.807, 2.05) is 6.07 Å². The van der Waals surface area contributed by atoms with Crippen LogP contribution in [0.3, 0.4) is 0 Å². The normalized spacial score (nSPS) is 11.1. The van der Waals surface area contributed by atoms with Crippen LogP contribution in [0, 0.1) is 0 Å². The summed E-state index contributed by atoms with van der Waals surface area (Å²) in [6, 6.07) is 6.60. The van der Waals surface area contributed by atoms with E-state index in [0.29, 0.717) is 11.0 Å². The maximum absolute atomic E-state index is 10.8. The minimum atomic E-state index is -1.07. The molecule has 0 amide bonds. The minimum Gasteiger partial charge on any atom is -0.506 e. The smallest absolute Gasteiger partial charge is 0.354 e. The molecule has 0 unspecified atom stereocenters. The zero-order valence-electron chi connectivity index (χ0n) is 8.64. The predicted octanol–water partition coefficient (Wildman–Crippen LogP) is 2.12. The van der Waals surface area contributed by atoms with Gasteiger partial charge in [-0.3, -0.25) is 0 Å². The third kappa shape index (κ3) is 1.32. The number of aromatic hydroxyl groups is 1. The lowest BCUT2D eigenvalue weighted by molar-refractivity contribution is 0.0691. The molecule has 0 saturated heterocycles. The van der Waals surface area contributed by atoms with Gasteiger partial charge in [0.25, 0.3) is 0 Å². The van der Waals surface area contributed by atoms with Crippen molar-refractivity contribution >= 4 is 27.8 Å². The Bertz CT molecular complexity index is 746. The van der Waals surface area contributed by atoms with Crippen LogP contribution in [0.5, 0.6) is 5.75 Å². The molecule has 0 aliphatic rings. The van der Waals surface area contributed by atoms with E-state index < -0.39 is 5.97 Å². The molecule has 0 spiro atoms. The molecule has 5 nitrogen and oxygen atoms in total. The van der Waals surface area contributed by atoms with Crippen LogP contribution < -0.4 is 0 Å². The van der Waals surface area contributed by atoms with E-state index in [-0.39, 0.29) is 11.4 Å². The third-order valence-electron chi connectivity index (χ3n) is 2.72. The van der Waals surface area contributed by atoms with Crippen LogP contribution >= 0.6 is 0 Å². The summed E-state index contributed by atoms with van der Waals surface area (Å²) in [6.07, 6.45) is 1.46. The van der Waals surface area contributed by atoms with Crippen LogP contribution in [-0.2, 0) is 0 Å². The van der Waals surface area contributed by atoms with Crippen LogP contribution in [0.1, 0.15) is 10.5 Å². The van der Waals surface area contributed by atoms with Gasteiger partial charge in [-0.15, -0.1) is 0 Å². The van der Waals surface area contributed by atoms with E-state index in [1.54, 1.807) is 12.1 Å². The van der Waals surface area contributed by atoms with Crippen molar-refractivity contribution in [3.8, 4) is 5.75 Å². The number of carboxylic acids is 1. The van der Waals surface area contributed by atoms with Gasteiger partial charge in [0.05, 0.1) is 17.2 Å². The molecule has 0 saturated carbocycles. The highest BCUT2D eigenvalue weighted by atomic mass is 16.4. The van der Waals surface area contributed by atoms with Gasteiger partial charge < -0.3 is 15.2 Å². The van der Waals surface area contributed by atoms with Crippen molar-refractivity contribution < 1.29 is 15.0 Å². The van der Waals surface area contributed by atoms with Crippen LogP contribution in [0.25, 0.3) is 21.8 Å². The van der Waals surface area contributed by atoms with Crippen molar-refractivity contribution in [2.45, 2.75) is 0 Å². The van der Waals surface area contributed by atoms with Gasteiger partial charge in [0, 0.05) is 10.8 Å². The SMILES string of the molecule is O=C(O)c1cc2c(cn1)[nH]c1c(O)cccc12. The highest BCUT2D eigenvalue weighted by Crippen LogP contribution is 2.30. The highest BCUT2D eigenvalue weighted by Gasteiger charge is 2.11. The third-order valence-corrected chi connectivity index (χ3v) is 2.72. The van der Waals surface area contributed by atoms with Crippen LogP contribution in [0.15, 0.2) is 30.5 Å². The van der Waals surface area contributed by atoms with Gasteiger partial charge in [0.2, 0.25) is 0 Å². The Morgan fingerprint density at radius 3 is 2.88 bits per heavy atom. The summed E-state index contributed by atoms with van der Waals surface area (Å²) in [4.78, 5) is 17.7. The van der Waals surface area contributed by atoms with Crippen molar-refractivity contribution in [1.29, 1.82) is 0 Å². The minimum absolute atomic E-state index is 0.0123. The number of aromatic amines is 1. The molecule has 5 heteroatoms. The summed E-state index contributed by atoms with van der Waals surface area (Å²) in [5.41, 5.74) is 1.28. The lowest BCUT2D eigenvalue weighted by Gasteiger charge is -1.94. The number of aromatic carboxylic acids is 1. The Labute approximate surface area is 95.3 Å². The second-order valence-electron chi connectivity index (χ2n) is 3.74. The molecule has 3 aromatic rings. The first kappa shape index (κ1) is 9.65. The van der Waals surface area contributed by atoms with Crippen molar-refractivity contribution in [2.24, 2.45) is 0 Å². The van der Waals surface area contributed by atoms with Crippen molar-refractivity contribution in [3.05, 3.63) is 36.2 Å². The number of hydrogen-bond acceptors (Lipinski definition) is 3. The lowest BCUT2D eigenvalue weighted by atomic mass is 10.1. The zero-order valence-corrected chi connectivity index (χ0v) is 8.64. The van der Waals surface area contributed by atoms with Gasteiger partial charge in [-0.05, 0) is 12.1 Å². The molecule has 84 valence electrons. The first-order valence-corrected chi connectivity index (χ1v) is 4.99. The molecule has 2 aromatic heterocycles. The number of benzene rings is 1. The fraction of sp³-hybridized carbons (Fsp3) is 0. The van der Waals surface area contributed by atoms with E-state index >= 15 is 0 Å². The van der Waals surface area contributed by atoms with E-state index in [9.17, 15) is 9.90 Å². The summed E-state index contributed by atoms with van der Waals surface area (Å²) in [5.74, 6) is -0.933. The van der Waals surface area contributed by atoms with Crippen LogP contribution in [0.4, 0.5) is 0 Å². The Morgan fingerprint density at radius 1 is 1.29 bits per heavy atom. The van der Waals surface area contributed by atoms with E-state index in [0.717, 1.165) is 10.8 Å². The van der Waals surface area contributed by atoms with Gasteiger partial charge in [0.15, 0.2) is 0 Å². The van der Waals surface area contributed by atoms with Crippen molar-refractivity contribution in [1.82, 2.24) is 9.97 Å². The summed E-state index contributed by atoms with van der Waals surface area (Å²) >= 11 is 0. The maximum Gasteiger partial charge on any atom is 0.354 e. The lowest BCUT2D eigenvalue weighted by Crippen LogP contribution is -1.98. The molecular weight excluding hydrogens is 220 g/mol. The molecule has 0 radical (unpaired) electrons. The number of H-pyrrole nitrogens is 1. The van der Waals surface area contributed by atoms with Crippen LogP contribution in [-0.4, -0.2) is 26.2 Å². The first-order chi connectivity index (χ1) is 8.16. The predicted molar refractivity (Wildman–Crippen MR) is 62.2 cm³/mol. The average Bonchev–Trinajstić information content (AvgIpc) is 2.68. The molecule has 17 heavy (non-hydrogen) atoms. The van der Waals surface area contributed by atoms with E-state index in [2.05, 4.69) is 9.97 Å². The number of para-hydroxylation sites is 1. The standard InChI is InChI=1S/C12H8N2O3/c15-10-3-1-2-6-7-4-8(12(16)17)13-5-9(7)14-11(6)10/h1-5,14-15H,(H,16,17). The maximum atomic E-state index is 10.8. The summed E-state index contributed by atoms with van der Waals surface area (Å²) < 4.78 is 0. The van der Waals surface area contributed by atoms with Crippen molar-refractivity contribution in [3.63, 3.8) is 0 Å². The molecule has 3 rings (SSSR count). The van der Waals surface area contributed by atoms with Gasteiger partial charge in [-0.2, -0.15) is 0 Å². The second-order valence-corrected chi connectivity index (χ2v) is 3.74. The Hall–Kier alpha value is -2.56. The molecule has 0 aliphatic carbocycles. The molecule has 0 bridgehead atoms. The quantitative estimate of drug-likeness (QED) is 0.595. The largest absolute Gasteiger partial charge is 0.506 e. The number of fused-ring (bicyclic) bond motifs is 3. The average molecular weight is 228 g/mol. The summed E-state index contributed by atoms with van der Waals surface area (Å²) in [5, 5.41) is 20.1. The molecule has 0 atom stereocenters. The number of phenols is 1. The Morgan fingerprint density at radius 2 is 2.12 bits per heavy atom. The fourth-order valence-corrected chi connectivity index (χ4v) is 1.93. The molecule has 2 heterocycles. The summed E-state index contributed by atoms with van der Waals surface area (Å²) in [7, 11) is 0. The highest BCUT2D eigenvalue weighted by molar-refractivity contribution is 6.10. The number of aromatic nitrogens is 2. The Kier molecular flexibility index (Phi) is 1.82. The number of pyridine rings is 1. The van der Waals surface area contributed by atoms with Crippen molar-refractivity contribution in [2.75, 3.05) is 0 Å². The molecular formula is C12H8N2O3. The van der Waals surface area contributed by atoms with Gasteiger partial charge >= 0.3 is 5.97 Å². The topological polar surface area (TPSA) is 86.2 Å². The number of rotatable bonds is 1. The van der Waals surface area contributed by atoms with E-state index in [1.165, 1.54) is 12.3 Å². The van der Waals surface area contributed by atoms with Crippen LogP contribution in [0.2, 0.25) is 0 Å². The van der Waals surface area contributed by atoms with E-state index in [4.69, 9.17) is 5.11 Å². The fourth-order valence-electron chi connectivity index (χ4n) is 1.93. The number of nitrogens with one attached hydrogen (secondary N) is 1. The number of carbonyl (C=O) groups is 1. The van der Waals surface area contributed by atoms with Gasteiger partial charge in [-0.25, -0.2) is 9.78 Å². The number of carboxylic acid groups (broad SMARTS) is 1. The molecule has 3 N–H and O–H groups in total. The zero-order chi connectivity index (χ0) is 12.0. The van der Waals surface area contributed by atoms with Gasteiger partial charge in [-0.1, -0.05) is 12.1 Å². The molecule has 0 fully saturated rings. The number of hydrogen-bond donors (Lipinski definition) is 3. The second kappa shape index (κ2) is 3.21. The Balaban J connectivity index is 2.46. The van der Waals surface area contributed by atoms with Gasteiger partial charge in [0.1, 0.15) is 11.4 Å². The first-order valence-electron chi connectivity index (χ1n) is 4.99. The monoisotopic (exact) mass is 228 g/mol. The molecule has 1 aromatic carbocycles. The molecule has 0 aliphatic heterocycles. The number of phenolic OH excluding ortho intramolecular Hbond substituents is 1. The number of nitrogens with zero attached hydrogens (tertiary/aromatic N) is 1.